The van der Waals surface area contributed by atoms with Gasteiger partial charge in [-0.05, 0) is 29.8 Å². The Bertz CT molecular complexity index is 1130. The second kappa shape index (κ2) is 6.44. The highest BCUT2D eigenvalue weighted by Crippen LogP contribution is 2.26. The molecule has 0 bridgehead atoms. The van der Waals surface area contributed by atoms with Gasteiger partial charge in [-0.25, -0.2) is 14.1 Å². The molecule has 2 aromatic heterocycles. The third-order valence-corrected chi connectivity index (χ3v) is 3.96. The Hall–Kier alpha value is -3.48. The van der Waals surface area contributed by atoms with Crippen LogP contribution in [-0.4, -0.2) is 14.8 Å². The van der Waals surface area contributed by atoms with Gasteiger partial charge in [0.05, 0.1) is 0 Å². The Morgan fingerprint density at radius 2 is 2.00 bits per heavy atom. The molecule has 4 aromatic rings. The topological polar surface area (TPSA) is 70.2 Å². The van der Waals surface area contributed by atoms with E-state index in [4.69, 9.17) is 9.15 Å². The van der Waals surface area contributed by atoms with Gasteiger partial charge >= 0.3 is 0 Å². The van der Waals surface area contributed by atoms with Crippen molar-refractivity contribution in [1.82, 2.24) is 14.8 Å². The van der Waals surface area contributed by atoms with E-state index in [0.29, 0.717) is 28.3 Å². The van der Waals surface area contributed by atoms with Crippen LogP contribution < -0.4 is 10.2 Å². The third-order valence-electron chi connectivity index (χ3n) is 3.96. The number of fused-ring (bicyclic) bond motifs is 1. The van der Waals surface area contributed by atoms with Crippen LogP contribution in [0.5, 0.6) is 5.75 Å². The van der Waals surface area contributed by atoms with Crippen LogP contribution in [0.25, 0.3) is 22.6 Å². The normalized spacial score (nSPS) is 11.0. The lowest BCUT2D eigenvalue weighted by Crippen LogP contribution is -2.06. The van der Waals surface area contributed by atoms with Crippen LogP contribution in [0.2, 0.25) is 0 Å². The second-order valence-electron chi connectivity index (χ2n) is 5.73. The average molecular weight is 351 g/mol. The monoisotopic (exact) mass is 351 g/mol. The number of rotatable bonds is 4. The highest BCUT2D eigenvalue weighted by molar-refractivity contribution is 5.84. The minimum Gasteiger partial charge on any atom is -0.488 e. The summed E-state index contributed by atoms with van der Waals surface area (Å²) < 4.78 is 26.1. The molecule has 0 amide bonds. The molecule has 0 spiro atoms. The SMILES string of the molecule is Cn1ncnc1-c1cc(=O)c2c(OCc3ccc(F)cc3)cccc2o1. The van der Waals surface area contributed by atoms with Gasteiger partial charge < -0.3 is 9.15 Å². The van der Waals surface area contributed by atoms with E-state index in [9.17, 15) is 9.18 Å². The standard InChI is InChI=1S/C19H14FN3O3/c1-23-19(21-11-22-23)17-9-14(24)18-15(3-2-4-16(18)26-17)25-10-12-5-7-13(20)8-6-12/h2-9,11H,10H2,1H3. The quantitative estimate of drug-likeness (QED) is 0.564. The van der Waals surface area contributed by atoms with E-state index in [1.807, 2.05) is 0 Å². The fourth-order valence-corrected chi connectivity index (χ4v) is 2.67. The van der Waals surface area contributed by atoms with Gasteiger partial charge in [0.1, 0.15) is 35.5 Å². The first-order chi connectivity index (χ1) is 12.6. The Labute approximate surface area is 147 Å². The molecular formula is C19H14FN3O3. The number of nitrogens with zero attached hydrogens (tertiary/aromatic N) is 3. The minimum absolute atomic E-state index is 0.212. The van der Waals surface area contributed by atoms with E-state index < -0.39 is 0 Å². The van der Waals surface area contributed by atoms with Crippen LogP contribution in [0.4, 0.5) is 4.39 Å². The van der Waals surface area contributed by atoms with Gasteiger partial charge in [-0.1, -0.05) is 18.2 Å². The predicted molar refractivity (Wildman–Crippen MR) is 93.2 cm³/mol. The lowest BCUT2D eigenvalue weighted by atomic mass is 10.2. The highest BCUT2D eigenvalue weighted by Gasteiger charge is 2.14. The minimum atomic E-state index is -0.309. The molecule has 0 radical (unpaired) electrons. The molecule has 0 unspecified atom stereocenters. The van der Waals surface area contributed by atoms with Crippen LogP contribution in [0.15, 0.2) is 64.1 Å². The molecule has 0 atom stereocenters. The van der Waals surface area contributed by atoms with Crippen molar-refractivity contribution in [3.8, 4) is 17.3 Å². The summed E-state index contributed by atoms with van der Waals surface area (Å²) in [7, 11) is 1.72. The third kappa shape index (κ3) is 2.95. The molecule has 2 heterocycles. The van der Waals surface area contributed by atoms with Crippen molar-refractivity contribution in [2.24, 2.45) is 7.05 Å². The Kier molecular flexibility index (Phi) is 3.96. The smallest absolute Gasteiger partial charge is 0.197 e. The molecule has 0 saturated carbocycles. The molecule has 2 aromatic carbocycles. The first-order valence-corrected chi connectivity index (χ1v) is 7.90. The van der Waals surface area contributed by atoms with Crippen molar-refractivity contribution < 1.29 is 13.5 Å². The lowest BCUT2D eigenvalue weighted by Gasteiger charge is -2.09. The maximum atomic E-state index is 13.0. The van der Waals surface area contributed by atoms with Crippen molar-refractivity contribution in [3.05, 3.63) is 76.5 Å². The number of aryl methyl sites for hydroxylation is 1. The molecule has 0 aliphatic rings. The van der Waals surface area contributed by atoms with Gasteiger partial charge in [-0.3, -0.25) is 4.79 Å². The number of benzene rings is 2. The largest absolute Gasteiger partial charge is 0.488 e. The molecule has 4 rings (SSSR count). The first-order valence-electron chi connectivity index (χ1n) is 7.90. The maximum Gasteiger partial charge on any atom is 0.197 e. The number of halogens is 1. The fraction of sp³-hybridized carbons (Fsp3) is 0.105. The van der Waals surface area contributed by atoms with Crippen LogP contribution in [0, 0.1) is 5.82 Å². The van der Waals surface area contributed by atoms with Gasteiger partial charge in [-0.15, -0.1) is 0 Å². The molecule has 0 fully saturated rings. The summed E-state index contributed by atoms with van der Waals surface area (Å²) in [5.41, 5.74) is 0.953. The fourth-order valence-electron chi connectivity index (χ4n) is 2.67. The summed E-state index contributed by atoms with van der Waals surface area (Å²) in [6.45, 7) is 0.212. The van der Waals surface area contributed by atoms with Gasteiger partial charge in [0.15, 0.2) is 17.0 Å². The van der Waals surface area contributed by atoms with Gasteiger partial charge in [0.25, 0.3) is 0 Å². The summed E-state index contributed by atoms with van der Waals surface area (Å²) in [5.74, 6) is 0.890. The molecular weight excluding hydrogens is 337 g/mol. The molecule has 130 valence electrons. The molecule has 26 heavy (non-hydrogen) atoms. The van der Waals surface area contributed by atoms with E-state index in [1.165, 1.54) is 29.2 Å². The Balaban J connectivity index is 1.71. The van der Waals surface area contributed by atoms with E-state index in [-0.39, 0.29) is 17.9 Å². The highest BCUT2D eigenvalue weighted by atomic mass is 19.1. The summed E-state index contributed by atoms with van der Waals surface area (Å²) in [4.78, 5) is 16.7. The lowest BCUT2D eigenvalue weighted by molar-refractivity contribution is 0.309. The zero-order chi connectivity index (χ0) is 18.1. The van der Waals surface area contributed by atoms with Crippen molar-refractivity contribution >= 4 is 11.0 Å². The molecule has 7 heteroatoms. The summed E-state index contributed by atoms with van der Waals surface area (Å²) in [6.07, 6.45) is 1.39. The summed E-state index contributed by atoms with van der Waals surface area (Å²) >= 11 is 0. The number of aromatic nitrogens is 3. The van der Waals surface area contributed by atoms with Crippen molar-refractivity contribution in [3.63, 3.8) is 0 Å². The second-order valence-corrected chi connectivity index (χ2v) is 5.73. The Morgan fingerprint density at radius 1 is 1.19 bits per heavy atom. The Morgan fingerprint density at radius 3 is 2.73 bits per heavy atom. The van der Waals surface area contributed by atoms with Crippen LogP contribution >= 0.6 is 0 Å². The summed E-state index contributed by atoms with van der Waals surface area (Å²) in [6, 6.07) is 12.5. The van der Waals surface area contributed by atoms with E-state index in [0.717, 1.165) is 5.56 Å². The molecule has 6 nitrogen and oxygen atoms in total. The summed E-state index contributed by atoms with van der Waals surface area (Å²) in [5, 5.41) is 4.33. The van der Waals surface area contributed by atoms with E-state index in [2.05, 4.69) is 10.1 Å². The van der Waals surface area contributed by atoms with Crippen LogP contribution in [0.3, 0.4) is 0 Å². The zero-order valence-electron chi connectivity index (χ0n) is 13.8. The first kappa shape index (κ1) is 16.0. The number of hydrogen-bond donors (Lipinski definition) is 0. The molecule has 0 N–H and O–H groups in total. The molecule has 0 saturated heterocycles. The van der Waals surface area contributed by atoms with Gasteiger partial charge in [0, 0.05) is 13.1 Å². The number of ether oxygens (including phenoxy) is 1. The van der Waals surface area contributed by atoms with Crippen LogP contribution in [0.1, 0.15) is 5.56 Å². The molecule has 0 aliphatic carbocycles. The predicted octanol–water partition coefficient (Wildman–Crippen LogP) is 3.31. The van der Waals surface area contributed by atoms with Gasteiger partial charge in [-0.2, -0.15) is 5.10 Å². The van der Waals surface area contributed by atoms with Crippen molar-refractivity contribution in [1.29, 1.82) is 0 Å². The van der Waals surface area contributed by atoms with Crippen LogP contribution in [-0.2, 0) is 13.7 Å². The van der Waals surface area contributed by atoms with Crippen molar-refractivity contribution in [2.45, 2.75) is 6.61 Å². The average Bonchev–Trinajstić information content (AvgIpc) is 3.07. The maximum absolute atomic E-state index is 13.0. The van der Waals surface area contributed by atoms with E-state index >= 15 is 0 Å². The van der Waals surface area contributed by atoms with Gasteiger partial charge in [0.2, 0.25) is 0 Å². The van der Waals surface area contributed by atoms with E-state index in [1.54, 1.807) is 37.4 Å². The zero-order valence-corrected chi connectivity index (χ0v) is 13.8. The molecule has 0 aliphatic heterocycles. The number of hydrogen-bond acceptors (Lipinski definition) is 5. The van der Waals surface area contributed by atoms with Crippen molar-refractivity contribution in [2.75, 3.05) is 0 Å².